The van der Waals surface area contributed by atoms with Crippen LogP contribution in [0.3, 0.4) is 0 Å². The number of nitrogens with zero attached hydrogens (tertiary/aromatic N) is 1. The summed E-state index contributed by atoms with van der Waals surface area (Å²) in [6.45, 7) is 2.56. The molecule has 5 heteroatoms. The van der Waals surface area contributed by atoms with Crippen LogP contribution in [-0.2, 0) is 4.74 Å². The van der Waals surface area contributed by atoms with Gasteiger partial charge in [-0.15, -0.1) is 0 Å². The first kappa shape index (κ1) is 10.3. The molecule has 1 rings (SSSR count). The van der Waals surface area contributed by atoms with Crippen LogP contribution < -0.4 is 11.1 Å². The Kier molecular flexibility index (Phi) is 4.56. The Bertz CT molecular complexity index is 167. The van der Waals surface area contributed by atoms with Crippen molar-refractivity contribution >= 4 is 5.84 Å². The molecule has 76 valence electrons. The van der Waals surface area contributed by atoms with Gasteiger partial charge in [0.2, 0.25) is 0 Å². The van der Waals surface area contributed by atoms with Crippen molar-refractivity contribution in [1.82, 2.24) is 5.32 Å². The van der Waals surface area contributed by atoms with E-state index in [1.54, 1.807) is 0 Å². The minimum atomic E-state index is 0.296. The average Bonchev–Trinajstić information content (AvgIpc) is 2.64. The number of oxime groups is 1. The lowest BCUT2D eigenvalue weighted by Gasteiger charge is -2.09. The van der Waals surface area contributed by atoms with Gasteiger partial charge < -0.3 is 21.0 Å². The molecule has 0 saturated carbocycles. The molecule has 1 unspecified atom stereocenters. The van der Waals surface area contributed by atoms with Gasteiger partial charge in [0.05, 0.1) is 6.61 Å². The number of nitrogens with two attached hydrogens (primary N) is 1. The molecule has 0 bridgehead atoms. The fraction of sp³-hybridized carbons (Fsp3) is 0.875. The van der Waals surface area contributed by atoms with E-state index in [-0.39, 0.29) is 0 Å². The molecule has 0 amide bonds. The molecular formula is C8H17N3O2. The Morgan fingerprint density at radius 2 is 2.54 bits per heavy atom. The van der Waals surface area contributed by atoms with Gasteiger partial charge in [-0.3, -0.25) is 0 Å². The van der Waals surface area contributed by atoms with Crippen LogP contribution >= 0.6 is 0 Å². The Hall–Kier alpha value is -0.810. The molecule has 1 heterocycles. The SMILES string of the molecule is NC(CCCNC1CCOC1)=NO. The first-order chi connectivity index (χ1) is 6.33. The molecule has 0 spiro atoms. The molecule has 1 atom stereocenters. The fourth-order valence-corrected chi connectivity index (χ4v) is 1.32. The minimum Gasteiger partial charge on any atom is -0.409 e. The van der Waals surface area contributed by atoms with Crippen LogP contribution in [0.2, 0.25) is 0 Å². The van der Waals surface area contributed by atoms with Crippen molar-refractivity contribution < 1.29 is 9.94 Å². The summed E-state index contributed by atoms with van der Waals surface area (Å²) in [6.07, 6.45) is 2.62. The van der Waals surface area contributed by atoms with E-state index in [9.17, 15) is 0 Å². The van der Waals surface area contributed by atoms with Gasteiger partial charge in [-0.2, -0.15) is 0 Å². The van der Waals surface area contributed by atoms with Crippen molar-refractivity contribution in [3.8, 4) is 0 Å². The molecule has 13 heavy (non-hydrogen) atoms. The number of ether oxygens (including phenoxy) is 1. The summed E-state index contributed by atoms with van der Waals surface area (Å²) in [5.41, 5.74) is 5.31. The molecule has 1 aliphatic rings. The van der Waals surface area contributed by atoms with Gasteiger partial charge in [0.15, 0.2) is 0 Å². The highest BCUT2D eigenvalue weighted by molar-refractivity contribution is 5.79. The lowest BCUT2D eigenvalue weighted by atomic mass is 10.2. The Labute approximate surface area is 77.9 Å². The number of hydrogen-bond donors (Lipinski definition) is 3. The predicted molar refractivity (Wildman–Crippen MR) is 49.9 cm³/mol. The van der Waals surface area contributed by atoms with Crippen LogP contribution in [0.4, 0.5) is 0 Å². The maximum Gasteiger partial charge on any atom is 0.139 e. The van der Waals surface area contributed by atoms with Crippen LogP contribution in [0.15, 0.2) is 5.16 Å². The molecular weight excluding hydrogens is 170 g/mol. The molecule has 0 radical (unpaired) electrons. The summed E-state index contributed by atoms with van der Waals surface area (Å²) in [5.74, 6) is 0.296. The maximum absolute atomic E-state index is 8.27. The van der Waals surface area contributed by atoms with E-state index in [1.165, 1.54) is 0 Å². The zero-order valence-electron chi connectivity index (χ0n) is 7.70. The highest BCUT2D eigenvalue weighted by Crippen LogP contribution is 2.02. The summed E-state index contributed by atoms with van der Waals surface area (Å²) in [4.78, 5) is 0. The number of rotatable bonds is 5. The zero-order chi connectivity index (χ0) is 9.52. The van der Waals surface area contributed by atoms with Gasteiger partial charge in [-0.25, -0.2) is 0 Å². The molecule has 1 fully saturated rings. The third kappa shape index (κ3) is 4.10. The lowest BCUT2D eigenvalue weighted by Crippen LogP contribution is -2.30. The second-order valence-corrected chi connectivity index (χ2v) is 3.21. The van der Waals surface area contributed by atoms with E-state index < -0.39 is 0 Å². The second-order valence-electron chi connectivity index (χ2n) is 3.21. The third-order valence-corrected chi connectivity index (χ3v) is 2.10. The van der Waals surface area contributed by atoms with E-state index in [2.05, 4.69) is 10.5 Å². The highest BCUT2D eigenvalue weighted by Gasteiger charge is 2.13. The van der Waals surface area contributed by atoms with Gasteiger partial charge in [0.25, 0.3) is 0 Å². The van der Waals surface area contributed by atoms with Crippen molar-refractivity contribution in [3.63, 3.8) is 0 Å². The lowest BCUT2D eigenvalue weighted by molar-refractivity contribution is 0.190. The van der Waals surface area contributed by atoms with E-state index >= 15 is 0 Å². The van der Waals surface area contributed by atoms with Gasteiger partial charge in [-0.1, -0.05) is 5.16 Å². The van der Waals surface area contributed by atoms with Crippen molar-refractivity contribution in [2.75, 3.05) is 19.8 Å². The van der Waals surface area contributed by atoms with Crippen LogP contribution in [0.5, 0.6) is 0 Å². The molecule has 4 N–H and O–H groups in total. The smallest absolute Gasteiger partial charge is 0.139 e. The van der Waals surface area contributed by atoms with Crippen LogP contribution in [0.25, 0.3) is 0 Å². The second kappa shape index (κ2) is 5.77. The maximum atomic E-state index is 8.27. The van der Waals surface area contributed by atoms with Crippen molar-refractivity contribution in [2.45, 2.75) is 25.3 Å². The summed E-state index contributed by atoms with van der Waals surface area (Å²) >= 11 is 0. The molecule has 1 aliphatic heterocycles. The molecule has 0 aromatic carbocycles. The molecule has 0 aliphatic carbocycles. The predicted octanol–water partition coefficient (Wildman–Crippen LogP) is -0.109. The minimum absolute atomic E-state index is 0.296. The van der Waals surface area contributed by atoms with E-state index in [1.807, 2.05) is 0 Å². The van der Waals surface area contributed by atoms with Crippen molar-refractivity contribution in [2.24, 2.45) is 10.9 Å². The zero-order valence-corrected chi connectivity index (χ0v) is 7.70. The normalized spacial score (nSPS) is 23.7. The summed E-state index contributed by atoms with van der Waals surface area (Å²) < 4.78 is 5.21. The quantitative estimate of drug-likeness (QED) is 0.184. The third-order valence-electron chi connectivity index (χ3n) is 2.10. The van der Waals surface area contributed by atoms with Crippen LogP contribution in [0, 0.1) is 0 Å². The summed E-state index contributed by atoms with van der Waals surface area (Å²) in [5, 5.41) is 14.5. The van der Waals surface area contributed by atoms with Crippen molar-refractivity contribution in [1.29, 1.82) is 0 Å². The van der Waals surface area contributed by atoms with Gasteiger partial charge in [0.1, 0.15) is 5.84 Å². The Morgan fingerprint density at radius 3 is 3.15 bits per heavy atom. The summed E-state index contributed by atoms with van der Waals surface area (Å²) in [7, 11) is 0. The number of nitrogens with one attached hydrogen (secondary N) is 1. The van der Waals surface area contributed by atoms with Crippen molar-refractivity contribution in [3.05, 3.63) is 0 Å². The monoisotopic (exact) mass is 187 g/mol. The largest absolute Gasteiger partial charge is 0.409 e. The molecule has 1 saturated heterocycles. The number of amidine groups is 1. The molecule has 5 nitrogen and oxygen atoms in total. The topological polar surface area (TPSA) is 79.9 Å². The number of hydrogen-bond acceptors (Lipinski definition) is 4. The Balaban J connectivity index is 1.94. The molecule has 0 aromatic heterocycles. The average molecular weight is 187 g/mol. The van der Waals surface area contributed by atoms with E-state index in [0.29, 0.717) is 18.3 Å². The van der Waals surface area contributed by atoms with Crippen LogP contribution in [-0.4, -0.2) is 36.8 Å². The first-order valence-corrected chi connectivity index (χ1v) is 4.60. The standard InChI is InChI=1S/C8H17N3O2/c9-8(11-12)2-1-4-10-7-3-5-13-6-7/h7,10,12H,1-6H2,(H2,9,11). The van der Waals surface area contributed by atoms with Gasteiger partial charge >= 0.3 is 0 Å². The van der Waals surface area contributed by atoms with Crippen LogP contribution in [0.1, 0.15) is 19.3 Å². The molecule has 0 aromatic rings. The van der Waals surface area contributed by atoms with E-state index in [4.69, 9.17) is 15.7 Å². The van der Waals surface area contributed by atoms with Gasteiger partial charge in [0, 0.05) is 19.1 Å². The summed E-state index contributed by atoms with van der Waals surface area (Å²) in [6, 6.07) is 0.493. The van der Waals surface area contributed by atoms with E-state index in [0.717, 1.165) is 32.6 Å². The Morgan fingerprint density at radius 1 is 1.69 bits per heavy atom. The van der Waals surface area contributed by atoms with Gasteiger partial charge in [-0.05, 0) is 19.4 Å². The fourth-order valence-electron chi connectivity index (χ4n) is 1.32. The first-order valence-electron chi connectivity index (χ1n) is 4.60. The highest BCUT2D eigenvalue weighted by atomic mass is 16.5.